The molecule has 0 fully saturated rings. The molecule has 0 amide bonds. The summed E-state index contributed by atoms with van der Waals surface area (Å²) in [6.45, 7) is 3.70. The molecule has 9 nitrogen and oxygen atoms in total. The minimum absolute atomic E-state index is 0.0862. The molecule has 4 aromatic rings. The first-order valence-corrected chi connectivity index (χ1v) is 12.2. The maximum Gasteiger partial charge on any atom is 0.315 e. The topological polar surface area (TPSA) is 109 Å². The maximum atomic E-state index is 13.5. The van der Waals surface area contributed by atoms with Crippen LogP contribution in [0.4, 0.5) is 10.1 Å². The quantitative estimate of drug-likeness (QED) is 0.147. The molecule has 3 aromatic carbocycles. The Morgan fingerprint density at radius 1 is 1.16 bits per heavy atom. The lowest BCUT2D eigenvalue weighted by atomic mass is 10.1. The first kappa shape index (κ1) is 26.0. The van der Waals surface area contributed by atoms with Gasteiger partial charge in [0.15, 0.2) is 5.75 Å². The number of rotatable bonds is 9. The monoisotopic (exact) mass is 568 g/mol. The first-order valence-electron chi connectivity index (χ1n) is 11.4. The average molecular weight is 569 g/mol. The number of nitrogens with zero attached hydrogens (tertiary/aromatic N) is 4. The number of hydrogen-bond acceptors (Lipinski definition) is 7. The molecule has 0 aliphatic carbocycles. The Balaban J connectivity index is 1.75. The Hall–Kier alpha value is -4.12. The van der Waals surface area contributed by atoms with Crippen molar-refractivity contribution in [1.82, 2.24) is 9.66 Å². The van der Waals surface area contributed by atoms with E-state index < -0.39 is 10.7 Å². The number of hydrogen-bond donors (Lipinski definition) is 0. The van der Waals surface area contributed by atoms with Gasteiger partial charge in [-0.05, 0) is 48.9 Å². The van der Waals surface area contributed by atoms with Crippen molar-refractivity contribution in [1.29, 1.82) is 0 Å². The second kappa shape index (κ2) is 11.3. The third-order valence-electron chi connectivity index (χ3n) is 5.34. The molecular formula is C26H22BrFN4O5. The molecule has 37 heavy (non-hydrogen) atoms. The van der Waals surface area contributed by atoms with E-state index in [0.717, 1.165) is 4.47 Å². The Morgan fingerprint density at radius 2 is 1.97 bits per heavy atom. The zero-order valence-electron chi connectivity index (χ0n) is 20.0. The molecule has 0 spiro atoms. The Morgan fingerprint density at radius 3 is 2.68 bits per heavy atom. The minimum Gasteiger partial charge on any atom is -0.490 e. The predicted molar refractivity (Wildman–Crippen MR) is 141 cm³/mol. The van der Waals surface area contributed by atoms with Crippen molar-refractivity contribution in [2.45, 2.75) is 26.9 Å². The van der Waals surface area contributed by atoms with Crippen molar-refractivity contribution in [3.05, 3.63) is 102 Å². The summed E-state index contributed by atoms with van der Waals surface area (Å²) in [5, 5.41) is 16.6. The molecular weight excluding hydrogens is 547 g/mol. The van der Waals surface area contributed by atoms with Crippen LogP contribution in [-0.4, -0.2) is 27.4 Å². The van der Waals surface area contributed by atoms with Gasteiger partial charge in [0, 0.05) is 22.5 Å². The van der Waals surface area contributed by atoms with Crippen LogP contribution in [0.2, 0.25) is 0 Å². The van der Waals surface area contributed by atoms with Crippen molar-refractivity contribution in [2.24, 2.45) is 5.10 Å². The van der Waals surface area contributed by atoms with E-state index in [9.17, 15) is 19.3 Å². The summed E-state index contributed by atoms with van der Waals surface area (Å²) in [7, 11) is 0. The van der Waals surface area contributed by atoms with Gasteiger partial charge in [-0.3, -0.25) is 14.9 Å². The van der Waals surface area contributed by atoms with E-state index in [2.05, 4.69) is 26.0 Å². The number of benzene rings is 3. The molecule has 0 saturated carbocycles. The normalized spacial score (nSPS) is 11.2. The van der Waals surface area contributed by atoms with E-state index in [0.29, 0.717) is 34.3 Å². The summed E-state index contributed by atoms with van der Waals surface area (Å²) in [4.78, 5) is 29.0. The second-order valence-electron chi connectivity index (χ2n) is 7.88. The van der Waals surface area contributed by atoms with E-state index in [-0.39, 0.29) is 36.0 Å². The molecule has 0 N–H and O–H groups in total. The third-order valence-corrected chi connectivity index (χ3v) is 5.83. The van der Waals surface area contributed by atoms with Gasteiger partial charge in [-0.15, -0.1) is 0 Å². The van der Waals surface area contributed by atoms with E-state index in [1.807, 2.05) is 6.92 Å². The fraction of sp³-hybridized carbons (Fsp3) is 0.192. The number of nitro benzene ring substituents is 1. The molecule has 0 atom stereocenters. The second-order valence-corrected chi connectivity index (χ2v) is 8.80. The summed E-state index contributed by atoms with van der Waals surface area (Å²) < 4.78 is 26.8. The zero-order valence-corrected chi connectivity index (χ0v) is 21.6. The molecule has 0 bridgehead atoms. The highest BCUT2D eigenvalue weighted by Crippen LogP contribution is 2.39. The molecule has 0 unspecified atom stereocenters. The van der Waals surface area contributed by atoms with Gasteiger partial charge >= 0.3 is 5.69 Å². The average Bonchev–Trinajstić information content (AvgIpc) is 2.87. The van der Waals surface area contributed by atoms with Gasteiger partial charge in [0.05, 0.1) is 28.6 Å². The van der Waals surface area contributed by atoms with Crippen LogP contribution in [0.25, 0.3) is 10.9 Å². The fourth-order valence-electron chi connectivity index (χ4n) is 3.68. The Labute approximate surface area is 219 Å². The van der Waals surface area contributed by atoms with Gasteiger partial charge in [-0.2, -0.15) is 9.78 Å². The summed E-state index contributed by atoms with van der Waals surface area (Å²) in [6, 6.07) is 13.8. The predicted octanol–water partition coefficient (Wildman–Crippen LogP) is 5.63. The largest absolute Gasteiger partial charge is 0.490 e. The lowest BCUT2D eigenvalue weighted by molar-refractivity contribution is -0.386. The van der Waals surface area contributed by atoms with Gasteiger partial charge in [-0.25, -0.2) is 9.37 Å². The minimum atomic E-state index is -0.598. The van der Waals surface area contributed by atoms with Gasteiger partial charge in [0.25, 0.3) is 5.56 Å². The zero-order chi connectivity index (χ0) is 26.5. The molecule has 190 valence electrons. The van der Waals surface area contributed by atoms with E-state index in [1.165, 1.54) is 41.2 Å². The van der Waals surface area contributed by atoms with Crippen molar-refractivity contribution in [2.75, 3.05) is 6.61 Å². The van der Waals surface area contributed by atoms with Crippen molar-refractivity contribution in [3.8, 4) is 11.5 Å². The summed E-state index contributed by atoms with van der Waals surface area (Å²) >= 11 is 3.36. The SMILES string of the molecule is CCOc1cc(C=Nn2c(CC)nc3ccc(Br)cc3c2=O)cc([N+](=O)[O-])c1OCc1cccc(F)c1. The molecule has 0 aliphatic heterocycles. The number of fused-ring (bicyclic) bond motifs is 1. The van der Waals surface area contributed by atoms with Gasteiger partial charge in [-0.1, -0.05) is 35.0 Å². The molecule has 0 saturated heterocycles. The van der Waals surface area contributed by atoms with Crippen molar-refractivity contribution in [3.63, 3.8) is 0 Å². The Bertz CT molecular complexity index is 1570. The van der Waals surface area contributed by atoms with Gasteiger partial charge < -0.3 is 9.47 Å². The van der Waals surface area contributed by atoms with Gasteiger partial charge in [0.1, 0.15) is 18.2 Å². The molecule has 0 aliphatic rings. The van der Waals surface area contributed by atoms with Crippen molar-refractivity contribution >= 4 is 38.7 Å². The standard InChI is InChI=1S/C26H22BrFN4O5/c1-3-24-30-21-9-8-18(27)13-20(21)26(33)31(24)29-14-17-11-22(32(34)35)25(23(12-17)36-4-2)37-15-16-6-5-7-19(28)10-16/h5-14H,3-4,15H2,1-2H3. The highest BCUT2D eigenvalue weighted by Gasteiger charge is 2.23. The van der Waals surface area contributed by atoms with Crippen LogP contribution < -0.4 is 15.0 Å². The lowest BCUT2D eigenvalue weighted by Gasteiger charge is -2.13. The lowest BCUT2D eigenvalue weighted by Crippen LogP contribution is -2.22. The molecule has 1 heterocycles. The summed E-state index contributed by atoms with van der Waals surface area (Å²) in [6.07, 6.45) is 1.77. The van der Waals surface area contributed by atoms with Crippen LogP contribution in [0.5, 0.6) is 11.5 Å². The van der Waals surface area contributed by atoms with Crippen LogP contribution >= 0.6 is 15.9 Å². The van der Waals surface area contributed by atoms with Crippen LogP contribution in [0, 0.1) is 15.9 Å². The van der Waals surface area contributed by atoms with E-state index in [4.69, 9.17) is 9.47 Å². The number of aryl methyl sites for hydroxylation is 1. The van der Waals surface area contributed by atoms with Crippen LogP contribution in [-0.2, 0) is 13.0 Å². The number of ether oxygens (including phenoxy) is 2. The maximum absolute atomic E-state index is 13.5. The summed E-state index contributed by atoms with van der Waals surface area (Å²) in [5.41, 5.74) is 0.646. The van der Waals surface area contributed by atoms with E-state index >= 15 is 0 Å². The fourth-order valence-corrected chi connectivity index (χ4v) is 4.04. The highest BCUT2D eigenvalue weighted by atomic mass is 79.9. The summed E-state index contributed by atoms with van der Waals surface area (Å²) in [5.74, 6) is 0.0325. The van der Waals surface area contributed by atoms with Gasteiger partial charge in [0.2, 0.25) is 5.75 Å². The van der Waals surface area contributed by atoms with Crippen LogP contribution in [0.15, 0.2) is 69.0 Å². The number of halogens is 2. The van der Waals surface area contributed by atoms with Crippen LogP contribution in [0.3, 0.4) is 0 Å². The third kappa shape index (κ3) is 5.83. The molecule has 4 rings (SSSR count). The smallest absolute Gasteiger partial charge is 0.315 e. The van der Waals surface area contributed by atoms with Crippen molar-refractivity contribution < 1.29 is 18.8 Å². The molecule has 0 radical (unpaired) electrons. The molecule has 1 aromatic heterocycles. The highest BCUT2D eigenvalue weighted by molar-refractivity contribution is 9.10. The van der Waals surface area contributed by atoms with E-state index in [1.54, 1.807) is 31.2 Å². The van der Waals surface area contributed by atoms with Crippen LogP contribution in [0.1, 0.15) is 30.8 Å². The Kier molecular flexibility index (Phi) is 7.92. The number of aromatic nitrogens is 2. The molecule has 11 heteroatoms. The first-order chi connectivity index (χ1) is 17.8. The number of nitro groups is 1.